The molecule has 26 aromatic rings. The average molecular weight is 1950 g/mol. The van der Waals surface area contributed by atoms with Crippen LogP contribution in [0.3, 0.4) is 0 Å². The van der Waals surface area contributed by atoms with Gasteiger partial charge in [0.15, 0.2) is 39.5 Å². The zero-order valence-corrected chi connectivity index (χ0v) is 76.9. The van der Waals surface area contributed by atoms with Crippen molar-refractivity contribution in [1.82, 2.24) is 172 Å². The first-order valence-corrected chi connectivity index (χ1v) is 44.3. The number of aromatic amines is 1. The van der Waals surface area contributed by atoms with Gasteiger partial charge in [-0.3, -0.25) is 5.10 Å². The number of nitrogens with zero attached hydrogens (tertiary/aromatic N) is 34. The lowest BCUT2D eigenvalue weighted by molar-refractivity contribution is 0.187. The number of halogens is 3. The van der Waals surface area contributed by atoms with Crippen molar-refractivity contribution >= 4 is 152 Å². The zero-order valence-electron chi connectivity index (χ0n) is 75.4. The number of hydrogen-bond acceptors (Lipinski definition) is 33. The fraction of sp³-hybridized carbons (Fsp3) is 0.0309. The minimum absolute atomic E-state index is 0.292. The van der Waals surface area contributed by atoms with E-state index in [1.807, 2.05) is 198 Å². The molecule has 0 fully saturated rings. The molecule has 144 heavy (non-hydrogen) atoms. The summed E-state index contributed by atoms with van der Waals surface area (Å²) in [5.41, 5.74) is 56.1. The van der Waals surface area contributed by atoms with Gasteiger partial charge in [0.25, 0.3) is 0 Å². The maximum Gasteiger partial charge on any atom is 0.168 e. The molecule has 0 aliphatic heterocycles. The summed E-state index contributed by atoms with van der Waals surface area (Å²) in [7, 11) is 1.69. The molecular formula is C97H77Cl2FN42O2. The first kappa shape index (κ1) is 91.4. The van der Waals surface area contributed by atoms with Crippen LogP contribution in [0.2, 0.25) is 10.0 Å². The number of ether oxygens (including phenoxy) is 2. The minimum Gasteiger partial charge on any atom is -0.457 e. The second-order valence-corrected chi connectivity index (χ2v) is 32.0. The lowest BCUT2D eigenvalue weighted by atomic mass is 10.1. The second kappa shape index (κ2) is 40.9. The Bertz CT molecular complexity index is 8780. The quantitative estimate of drug-likeness (QED) is 0.0472. The molecule has 0 atom stereocenters. The van der Waals surface area contributed by atoms with E-state index < -0.39 is 0 Å². The standard InChI is InChI=1S/C17H17N7O.C17H13N5O.C15H12N6.C14H11N7.C12H9N7.C11H7Cl2N5.C11H8FN5/c1-25-6-5-23-9-15(21-11-23)12-3-2-4-13(7-12)24-17-14(8-22-24)16(18)19-10-20-17;18-16-15-10-21-22(17(15)20-11-19-16)12-6-8-14(9-7-12)23-13-4-2-1-3-5-13;16-14-13-9-19-21(15(13)18-10-17-14)12-5-3-11(4-6-12)20-7-1-2-8-20;15-13-12-8-19-21(14(12)17-9-16-13)11-4-2-10(3-5-11)20-7-1-6-18-20;13-11-9-5-17-19(12(9)15-6-14-11)8-2-1-7-4-16-18-10(7)3-8;12-6-1-7(13)3-8(2-6)18-11-9(4-17-18)10(14)15-5-16-11;12-7-1-3-8(4-2-7)17-11-9(5-16-17)10(13)14-6-15-11/h2-4,7-11H,5-6H2,1H3,(H2,18,19,20);1-11H,(H2,18,19,20);1-10H,(H2,16,17,18);1-9H,(H2,15,16,17);1-6H,(H,16,18)(H2,13,14,15);1-5H,(H2,14,15,16);1-6H,(H2,13,14,15). The van der Waals surface area contributed by atoms with E-state index in [2.05, 4.69) is 126 Å². The normalized spacial score (nSPS) is 11.1. The molecule has 18 aromatic heterocycles. The summed E-state index contributed by atoms with van der Waals surface area (Å²) < 4.78 is 41.5. The van der Waals surface area contributed by atoms with E-state index in [9.17, 15) is 4.39 Å². The number of anilines is 7. The average Bonchev–Trinajstić information content (AvgIpc) is 1.64. The molecule has 0 amide bonds. The fourth-order valence-corrected chi connectivity index (χ4v) is 15.5. The molecule has 44 nitrogen and oxygen atoms in total. The van der Waals surface area contributed by atoms with Crippen molar-refractivity contribution in [3.8, 4) is 73.9 Å². The van der Waals surface area contributed by atoms with Gasteiger partial charge in [-0.2, -0.15) is 45.9 Å². The Morgan fingerprint density at radius 3 is 1.12 bits per heavy atom. The van der Waals surface area contributed by atoms with Crippen LogP contribution in [0.4, 0.5) is 45.1 Å². The Balaban J connectivity index is 0.000000103. The molecule has 15 N–H and O–H groups in total. The molecule has 0 radical (unpaired) electrons. The number of benzene rings is 8. The van der Waals surface area contributed by atoms with Crippen molar-refractivity contribution in [3.05, 3.63) is 353 Å². The molecular weight excluding hydrogens is 1880 g/mol. The minimum atomic E-state index is -0.292. The van der Waals surface area contributed by atoms with Gasteiger partial charge in [-0.05, 0) is 176 Å². The SMILES string of the molecule is COCCn1cnc(-c2cccc(-n3ncc4c(N)ncnc43)c2)c1.Nc1ncnc2c1cnn2-c1cc(Cl)cc(Cl)c1.Nc1ncnc2c1cnn2-c1ccc(-n2cccc2)cc1.Nc1ncnc2c1cnn2-c1ccc(-n2cccn2)cc1.Nc1ncnc2c1cnn2-c1ccc(F)cc1.Nc1ncnc2c1cnn2-c1ccc(Oc2ccccc2)cc1.Nc1ncnc2c1cnn2-c1ccc2cn[nH]c2c1. The molecule has 0 aliphatic rings. The molecule has 708 valence electrons. The second-order valence-electron chi connectivity index (χ2n) is 31.1. The molecule has 47 heteroatoms. The third-order valence-electron chi connectivity index (χ3n) is 22.1. The fourth-order valence-electron chi connectivity index (χ4n) is 15.0. The van der Waals surface area contributed by atoms with Crippen molar-refractivity contribution in [2.45, 2.75) is 6.54 Å². The number of rotatable bonds is 15. The number of para-hydroxylation sites is 1. The van der Waals surface area contributed by atoms with Gasteiger partial charge < -0.3 is 58.7 Å². The van der Waals surface area contributed by atoms with Gasteiger partial charge in [-0.1, -0.05) is 53.5 Å². The molecule has 0 bridgehead atoms. The summed E-state index contributed by atoms with van der Waals surface area (Å²) in [4.78, 5) is 61.7. The van der Waals surface area contributed by atoms with Crippen LogP contribution >= 0.6 is 23.2 Å². The number of fused-ring (bicyclic) bond motifs is 8. The first-order valence-electron chi connectivity index (χ1n) is 43.5. The van der Waals surface area contributed by atoms with Crippen LogP contribution in [-0.4, -0.2) is 186 Å². The first-order chi connectivity index (χ1) is 70.4. The van der Waals surface area contributed by atoms with Gasteiger partial charge in [0.2, 0.25) is 0 Å². The topological polar surface area (TPSA) is 575 Å². The highest BCUT2D eigenvalue weighted by Crippen LogP contribution is 2.32. The van der Waals surface area contributed by atoms with E-state index in [0.717, 1.165) is 118 Å². The summed E-state index contributed by atoms with van der Waals surface area (Å²) in [6.07, 6.45) is 34.8. The third kappa shape index (κ3) is 19.6. The predicted molar refractivity (Wildman–Crippen MR) is 543 cm³/mol. The Labute approximate surface area is 821 Å². The molecule has 0 spiro atoms. The Morgan fingerprint density at radius 2 is 0.701 bits per heavy atom. The van der Waals surface area contributed by atoms with Crippen molar-refractivity contribution in [2.24, 2.45) is 0 Å². The summed E-state index contributed by atoms with van der Waals surface area (Å²) in [5, 5.41) is 48.4. The molecule has 0 unspecified atom stereocenters. The summed E-state index contributed by atoms with van der Waals surface area (Å²) in [5.74, 6) is 4.17. The van der Waals surface area contributed by atoms with E-state index in [4.69, 9.17) is 72.8 Å². The molecule has 0 saturated heterocycles. The van der Waals surface area contributed by atoms with Crippen molar-refractivity contribution < 1.29 is 13.9 Å². The maximum atomic E-state index is 12.8. The number of nitrogen functional groups attached to an aromatic ring is 7. The van der Waals surface area contributed by atoms with Gasteiger partial charge >= 0.3 is 0 Å². The zero-order chi connectivity index (χ0) is 98.7. The van der Waals surface area contributed by atoms with Gasteiger partial charge in [-0.15, -0.1) is 0 Å². The van der Waals surface area contributed by atoms with Crippen LogP contribution in [0.25, 0.3) is 151 Å². The highest BCUT2D eigenvalue weighted by molar-refractivity contribution is 6.35. The summed E-state index contributed by atoms with van der Waals surface area (Å²) >= 11 is 11.9. The number of H-pyrrole nitrogens is 1. The summed E-state index contributed by atoms with van der Waals surface area (Å²) in [6.45, 7) is 1.42. The van der Waals surface area contributed by atoms with Gasteiger partial charge in [0.05, 0.1) is 157 Å². The van der Waals surface area contributed by atoms with Crippen LogP contribution in [0.1, 0.15) is 0 Å². The highest BCUT2D eigenvalue weighted by Gasteiger charge is 2.19. The third-order valence-corrected chi connectivity index (χ3v) is 22.5. The number of methoxy groups -OCH3 is 1. The lowest BCUT2D eigenvalue weighted by Gasteiger charge is -2.07. The van der Waals surface area contributed by atoms with Crippen LogP contribution < -0.4 is 44.9 Å². The largest absolute Gasteiger partial charge is 0.457 e. The van der Waals surface area contributed by atoms with Crippen LogP contribution in [-0.2, 0) is 11.3 Å². The van der Waals surface area contributed by atoms with Gasteiger partial charge in [0, 0.05) is 71.3 Å². The monoisotopic (exact) mass is 1950 g/mol. The summed E-state index contributed by atoms with van der Waals surface area (Å²) in [6, 6.07) is 64.1. The molecule has 18 heterocycles. The highest BCUT2D eigenvalue weighted by atomic mass is 35.5. The Morgan fingerprint density at radius 1 is 0.326 bits per heavy atom. The number of aromatic nitrogens is 35. The van der Waals surface area contributed by atoms with Crippen molar-refractivity contribution in [1.29, 1.82) is 0 Å². The van der Waals surface area contributed by atoms with E-state index in [-0.39, 0.29) is 5.82 Å². The van der Waals surface area contributed by atoms with Crippen LogP contribution in [0.5, 0.6) is 11.5 Å². The van der Waals surface area contributed by atoms with E-state index >= 15 is 0 Å². The van der Waals surface area contributed by atoms with Gasteiger partial charge in [-0.25, -0.2) is 117 Å². The number of imidazole rings is 1. The van der Waals surface area contributed by atoms with Crippen LogP contribution in [0, 0.1) is 5.82 Å². The van der Waals surface area contributed by atoms with Crippen molar-refractivity contribution in [3.63, 3.8) is 0 Å². The van der Waals surface area contributed by atoms with E-state index in [0.29, 0.717) is 108 Å². The molecule has 0 saturated carbocycles. The number of hydrogen-bond donors (Lipinski definition) is 8. The Hall–Kier alpha value is -20.3. The maximum absolute atomic E-state index is 12.8. The molecule has 0 aliphatic carbocycles. The van der Waals surface area contributed by atoms with Crippen LogP contribution in [0.15, 0.2) is 337 Å². The van der Waals surface area contributed by atoms with Gasteiger partial charge in [0.1, 0.15) is 102 Å². The van der Waals surface area contributed by atoms with E-state index in [1.54, 1.807) is 137 Å². The van der Waals surface area contributed by atoms with E-state index in [1.165, 1.54) is 56.4 Å². The number of nitrogens with one attached hydrogen (secondary N) is 1. The molecule has 8 aromatic carbocycles. The lowest BCUT2D eigenvalue weighted by Crippen LogP contribution is -2.01. The smallest absolute Gasteiger partial charge is 0.168 e. The molecule has 26 rings (SSSR count). The predicted octanol–water partition coefficient (Wildman–Crippen LogP) is 14.4. The van der Waals surface area contributed by atoms with Crippen molar-refractivity contribution in [2.75, 3.05) is 53.9 Å². The number of nitrogens with two attached hydrogens (primary N) is 7. The Kier molecular flexibility index (Phi) is 26.0.